The highest BCUT2D eigenvalue weighted by atomic mass is 16.5. The number of rotatable bonds is 7. The molecule has 2 aromatic rings. The highest BCUT2D eigenvalue weighted by molar-refractivity contribution is 5.92. The van der Waals surface area contributed by atoms with Crippen molar-refractivity contribution in [3.05, 3.63) is 60.2 Å². The van der Waals surface area contributed by atoms with Gasteiger partial charge in [0.15, 0.2) is 0 Å². The van der Waals surface area contributed by atoms with E-state index in [9.17, 15) is 4.79 Å². The van der Waals surface area contributed by atoms with Crippen LogP contribution in [-0.4, -0.2) is 25.6 Å². The molecule has 0 aliphatic heterocycles. The molecule has 0 spiro atoms. The monoisotopic (exact) mass is 284 g/mol. The highest BCUT2D eigenvalue weighted by Gasteiger charge is 2.01. The summed E-state index contributed by atoms with van der Waals surface area (Å²) in [5.74, 6) is 0.780. The van der Waals surface area contributed by atoms with Crippen molar-refractivity contribution in [3.63, 3.8) is 0 Å². The molecule has 2 rings (SSSR count). The number of hydrogen-bond donors (Lipinski definition) is 2. The summed E-state index contributed by atoms with van der Waals surface area (Å²) in [6, 6.07) is 17.3. The lowest BCUT2D eigenvalue weighted by molar-refractivity contribution is -0.115. The third-order valence-electron chi connectivity index (χ3n) is 2.91. The van der Waals surface area contributed by atoms with Gasteiger partial charge in [-0.25, -0.2) is 0 Å². The molecule has 0 bridgehead atoms. The van der Waals surface area contributed by atoms with Gasteiger partial charge in [-0.1, -0.05) is 35.9 Å². The number of para-hydroxylation sites is 1. The summed E-state index contributed by atoms with van der Waals surface area (Å²) >= 11 is 0. The zero-order valence-corrected chi connectivity index (χ0v) is 12.1. The average Bonchev–Trinajstić information content (AvgIpc) is 2.50. The van der Waals surface area contributed by atoms with Crippen LogP contribution in [0.2, 0.25) is 0 Å². The first-order chi connectivity index (χ1) is 10.2. The van der Waals surface area contributed by atoms with E-state index in [1.54, 1.807) is 0 Å². The number of ether oxygens (including phenoxy) is 1. The zero-order chi connectivity index (χ0) is 14.9. The van der Waals surface area contributed by atoms with Gasteiger partial charge >= 0.3 is 0 Å². The van der Waals surface area contributed by atoms with Crippen LogP contribution in [-0.2, 0) is 4.79 Å². The van der Waals surface area contributed by atoms with Crippen LogP contribution in [0, 0.1) is 6.92 Å². The van der Waals surface area contributed by atoms with E-state index in [2.05, 4.69) is 10.6 Å². The Balaban J connectivity index is 1.60. The van der Waals surface area contributed by atoms with Gasteiger partial charge in [-0.2, -0.15) is 0 Å². The molecule has 0 unspecified atom stereocenters. The van der Waals surface area contributed by atoms with Gasteiger partial charge in [-0.05, 0) is 31.2 Å². The number of hydrogen-bond acceptors (Lipinski definition) is 3. The van der Waals surface area contributed by atoms with Crippen LogP contribution < -0.4 is 15.4 Å². The fraction of sp³-hybridized carbons (Fsp3) is 0.235. The average molecular weight is 284 g/mol. The van der Waals surface area contributed by atoms with Crippen molar-refractivity contribution >= 4 is 11.6 Å². The summed E-state index contributed by atoms with van der Waals surface area (Å²) in [5.41, 5.74) is 1.98. The summed E-state index contributed by atoms with van der Waals surface area (Å²) in [5, 5.41) is 5.89. The largest absolute Gasteiger partial charge is 0.492 e. The Bertz CT molecular complexity index is 553. The second-order valence-electron chi connectivity index (χ2n) is 4.75. The smallest absolute Gasteiger partial charge is 0.238 e. The Labute approximate surface area is 125 Å². The molecule has 0 fully saturated rings. The molecule has 1 amide bonds. The summed E-state index contributed by atoms with van der Waals surface area (Å²) < 4.78 is 5.53. The predicted octanol–water partition coefficient (Wildman–Crippen LogP) is 2.60. The second kappa shape index (κ2) is 8.07. The molecule has 2 N–H and O–H groups in total. The van der Waals surface area contributed by atoms with Gasteiger partial charge < -0.3 is 15.4 Å². The first-order valence-electron chi connectivity index (χ1n) is 6.99. The second-order valence-corrected chi connectivity index (χ2v) is 4.75. The van der Waals surface area contributed by atoms with E-state index in [0.29, 0.717) is 13.2 Å². The van der Waals surface area contributed by atoms with E-state index in [1.807, 2.05) is 61.5 Å². The van der Waals surface area contributed by atoms with Crippen molar-refractivity contribution < 1.29 is 9.53 Å². The Kier molecular flexibility index (Phi) is 5.79. The first-order valence-corrected chi connectivity index (χ1v) is 6.99. The number of benzene rings is 2. The molecule has 4 nitrogen and oxygen atoms in total. The standard InChI is InChI=1S/C17H20N2O2/c1-14-7-9-15(10-8-14)19-17(20)13-18-11-12-21-16-5-3-2-4-6-16/h2-10,18H,11-13H2,1H3,(H,19,20). The fourth-order valence-corrected chi connectivity index (χ4v) is 1.80. The normalized spacial score (nSPS) is 10.1. The van der Waals surface area contributed by atoms with Crippen molar-refractivity contribution in [2.45, 2.75) is 6.92 Å². The van der Waals surface area contributed by atoms with Gasteiger partial charge in [0.1, 0.15) is 12.4 Å². The maximum Gasteiger partial charge on any atom is 0.238 e. The van der Waals surface area contributed by atoms with Crippen LogP contribution in [0.3, 0.4) is 0 Å². The number of carbonyl (C=O) groups is 1. The lowest BCUT2D eigenvalue weighted by Crippen LogP contribution is -2.31. The van der Waals surface area contributed by atoms with Crippen LogP contribution >= 0.6 is 0 Å². The van der Waals surface area contributed by atoms with Gasteiger partial charge in [0.25, 0.3) is 0 Å². The Hall–Kier alpha value is -2.33. The van der Waals surface area contributed by atoms with Crippen LogP contribution in [0.15, 0.2) is 54.6 Å². The van der Waals surface area contributed by atoms with Gasteiger partial charge in [0.2, 0.25) is 5.91 Å². The van der Waals surface area contributed by atoms with E-state index in [-0.39, 0.29) is 12.5 Å². The molecule has 4 heteroatoms. The Morgan fingerprint density at radius 2 is 1.76 bits per heavy atom. The molecule has 0 radical (unpaired) electrons. The number of nitrogens with one attached hydrogen (secondary N) is 2. The minimum Gasteiger partial charge on any atom is -0.492 e. The van der Waals surface area contributed by atoms with Crippen molar-refractivity contribution in [2.24, 2.45) is 0 Å². The van der Waals surface area contributed by atoms with E-state index in [0.717, 1.165) is 11.4 Å². The van der Waals surface area contributed by atoms with Crippen molar-refractivity contribution in [1.29, 1.82) is 0 Å². The Morgan fingerprint density at radius 1 is 1.05 bits per heavy atom. The fourth-order valence-electron chi connectivity index (χ4n) is 1.80. The molecule has 0 aliphatic carbocycles. The molecule has 0 saturated heterocycles. The maximum absolute atomic E-state index is 11.7. The van der Waals surface area contributed by atoms with E-state index in [1.165, 1.54) is 5.56 Å². The maximum atomic E-state index is 11.7. The summed E-state index contributed by atoms with van der Waals surface area (Å²) in [6.45, 7) is 3.43. The van der Waals surface area contributed by atoms with Crippen molar-refractivity contribution in [1.82, 2.24) is 5.32 Å². The number of amides is 1. The van der Waals surface area contributed by atoms with E-state index in [4.69, 9.17) is 4.74 Å². The number of aryl methyl sites for hydroxylation is 1. The molecule has 0 heterocycles. The van der Waals surface area contributed by atoms with Crippen LogP contribution in [0.1, 0.15) is 5.56 Å². The zero-order valence-electron chi connectivity index (χ0n) is 12.1. The van der Waals surface area contributed by atoms with Crippen LogP contribution in [0.4, 0.5) is 5.69 Å². The molecule has 0 atom stereocenters. The summed E-state index contributed by atoms with van der Waals surface area (Å²) in [7, 11) is 0. The van der Waals surface area contributed by atoms with Crippen LogP contribution in [0.5, 0.6) is 5.75 Å². The lowest BCUT2D eigenvalue weighted by Gasteiger charge is -2.08. The quantitative estimate of drug-likeness (QED) is 0.768. The molecule has 0 saturated carbocycles. The first kappa shape index (κ1) is 15.1. The Morgan fingerprint density at radius 3 is 2.48 bits per heavy atom. The van der Waals surface area contributed by atoms with Gasteiger partial charge in [0.05, 0.1) is 6.54 Å². The summed E-state index contributed by atoms with van der Waals surface area (Å²) in [6.07, 6.45) is 0. The molecule has 110 valence electrons. The molecular weight excluding hydrogens is 264 g/mol. The van der Waals surface area contributed by atoms with Crippen LogP contribution in [0.25, 0.3) is 0 Å². The molecule has 0 aliphatic rings. The van der Waals surface area contributed by atoms with Gasteiger partial charge in [0, 0.05) is 12.2 Å². The van der Waals surface area contributed by atoms with Gasteiger partial charge in [-0.15, -0.1) is 0 Å². The summed E-state index contributed by atoms with van der Waals surface area (Å²) in [4.78, 5) is 11.7. The molecular formula is C17H20N2O2. The lowest BCUT2D eigenvalue weighted by atomic mass is 10.2. The number of carbonyl (C=O) groups excluding carboxylic acids is 1. The van der Waals surface area contributed by atoms with Crippen molar-refractivity contribution in [3.8, 4) is 5.75 Å². The topological polar surface area (TPSA) is 50.4 Å². The predicted molar refractivity (Wildman–Crippen MR) is 84.6 cm³/mol. The molecule has 21 heavy (non-hydrogen) atoms. The molecule has 2 aromatic carbocycles. The van der Waals surface area contributed by atoms with Crippen molar-refractivity contribution in [2.75, 3.05) is 25.0 Å². The van der Waals surface area contributed by atoms with Gasteiger partial charge in [-0.3, -0.25) is 4.79 Å². The highest BCUT2D eigenvalue weighted by Crippen LogP contribution is 2.08. The number of anilines is 1. The minimum atomic E-state index is -0.0569. The minimum absolute atomic E-state index is 0.0569. The SMILES string of the molecule is Cc1ccc(NC(=O)CNCCOc2ccccc2)cc1. The molecule has 0 aromatic heterocycles. The third-order valence-corrected chi connectivity index (χ3v) is 2.91. The van der Waals surface area contributed by atoms with E-state index < -0.39 is 0 Å². The third kappa shape index (κ3) is 5.67. The van der Waals surface area contributed by atoms with E-state index >= 15 is 0 Å².